The molecular formula is C10H14O5S2. The quantitative estimate of drug-likeness (QED) is 0.759. The molecule has 1 aromatic rings. The van der Waals surface area contributed by atoms with Gasteiger partial charge in [-0.3, -0.25) is 4.55 Å². The van der Waals surface area contributed by atoms with Gasteiger partial charge in [0.1, 0.15) is 5.75 Å². The minimum atomic E-state index is -4.35. The number of aliphatic hydroxyl groups excluding tert-OH is 1. The summed E-state index contributed by atoms with van der Waals surface area (Å²) in [7, 11) is -2.78. The van der Waals surface area contributed by atoms with Crippen molar-refractivity contribution in [2.75, 3.05) is 12.9 Å². The minimum absolute atomic E-state index is 0.0646. The molecule has 2 N–H and O–H groups in total. The van der Waals surface area contributed by atoms with Crippen molar-refractivity contribution in [1.29, 1.82) is 0 Å². The van der Waals surface area contributed by atoms with Gasteiger partial charge >= 0.3 is 0 Å². The predicted octanol–water partition coefficient (Wildman–Crippen LogP) is 1.13. The van der Waals surface area contributed by atoms with Crippen LogP contribution in [0.5, 0.6) is 5.75 Å². The summed E-state index contributed by atoms with van der Waals surface area (Å²) in [5.41, 5.74) is -0.746. The van der Waals surface area contributed by atoms with E-state index in [-0.39, 0.29) is 5.75 Å². The van der Waals surface area contributed by atoms with E-state index in [1.54, 1.807) is 19.2 Å². The second-order valence-corrected chi connectivity index (χ2v) is 5.94. The van der Waals surface area contributed by atoms with Gasteiger partial charge in [0.25, 0.3) is 10.1 Å². The topological polar surface area (TPSA) is 83.8 Å². The fourth-order valence-corrected chi connectivity index (χ4v) is 2.81. The first-order valence-electron chi connectivity index (χ1n) is 4.78. The number of ether oxygens (including phenoxy) is 1. The molecular weight excluding hydrogens is 264 g/mol. The summed E-state index contributed by atoms with van der Waals surface area (Å²) in [5.74, 6) is 1.23. The van der Waals surface area contributed by atoms with E-state index in [1.165, 1.54) is 11.8 Å². The normalized spacial score (nSPS) is 13.4. The van der Waals surface area contributed by atoms with Gasteiger partial charge in [-0.1, -0.05) is 12.1 Å². The first kappa shape index (κ1) is 14.3. The van der Waals surface area contributed by atoms with Crippen LogP contribution in [-0.2, 0) is 15.9 Å². The van der Waals surface area contributed by atoms with Crippen molar-refractivity contribution in [2.45, 2.75) is 11.2 Å². The maximum Gasteiger partial charge on any atom is 0.292 e. The molecule has 7 heteroatoms. The van der Waals surface area contributed by atoms with Gasteiger partial charge in [0.05, 0.1) is 7.11 Å². The van der Waals surface area contributed by atoms with Gasteiger partial charge < -0.3 is 9.84 Å². The van der Waals surface area contributed by atoms with Crippen LogP contribution in [0.15, 0.2) is 24.3 Å². The molecule has 0 aliphatic rings. The summed E-state index contributed by atoms with van der Waals surface area (Å²) >= 11 is 1.22. The van der Waals surface area contributed by atoms with Crippen LogP contribution in [0.4, 0.5) is 0 Å². The molecule has 1 aromatic carbocycles. The van der Waals surface area contributed by atoms with Crippen molar-refractivity contribution in [1.82, 2.24) is 0 Å². The number of methoxy groups -OCH3 is 1. The van der Waals surface area contributed by atoms with Crippen molar-refractivity contribution in [2.24, 2.45) is 0 Å². The Hall–Kier alpha value is -0.760. The zero-order chi connectivity index (χ0) is 12.9. The molecule has 1 unspecified atom stereocenters. The Morgan fingerprint density at radius 1 is 1.35 bits per heavy atom. The Kier molecular flexibility index (Phi) is 5.26. The van der Waals surface area contributed by atoms with Crippen LogP contribution in [0, 0.1) is 0 Å². The Balaban J connectivity index is 2.41. The number of hydrogen-bond donors (Lipinski definition) is 2. The van der Waals surface area contributed by atoms with E-state index < -0.39 is 15.6 Å². The van der Waals surface area contributed by atoms with Gasteiger partial charge in [0.15, 0.2) is 5.44 Å². The van der Waals surface area contributed by atoms with Crippen molar-refractivity contribution >= 4 is 21.9 Å². The average Bonchev–Trinajstić information content (AvgIpc) is 2.28. The highest BCUT2D eigenvalue weighted by atomic mass is 32.2. The second-order valence-electron chi connectivity index (χ2n) is 3.33. The molecule has 5 nitrogen and oxygen atoms in total. The second kappa shape index (κ2) is 6.25. The number of rotatable bonds is 6. The third kappa shape index (κ3) is 4.95. The SMILES string of the molecule is COc1ccc(CSCC(O)S(=O)(=O)O)cc1. The highest BCUT2D eigenvalue weighted by molar-refractivity contribution is 7.99. The van der Waals surface area contributed by atoms with E-state index in [1.807, 2.05) is 12.1 Å². The molecule has 0 aliphatic heterocycles. The summed E-state index contributed by atoms with van der Waals surface area (Å²) in [6.45, 7) is 0. The Morgan fingerprint density at radius 3 is 2.41 bits per heavy atom. The van der Waals surface area contributed by atoms with Gasteiger partial charge in [0, 0.05) is 11.5 Å². The standard InChI is InChI=1S/C10H14O5S2/c1-15-9-4-2-8(3-5-9)6-16-7-10(11)17(12,13)14/h2-5,10-11H,6-7H2,1H3,(H,12,13,14). The fraction of sp³-hybridized carbons (Fsp3) is 0.400. The van der Waals surface area contributed by atoms with Gasteiger partial charge in [-0.15, -0.1) is 0 Å². The van der Waals surface area contributed by atoms with Crippen molar-refractivity contribution in [3.05, 3.63) is 29.8 Å². The molecule has 96 valence electrons. The number of aliphatic hydroxyl groups is 1. The van der Waals surface area contributed by atoms with Crippen molar-refractivity contribution < 1.29 is 22.8 Å². The Bertz CT molecular complexity index is 440. The first-order chi connectivity index (χ1) is 7.93. The van der Waals surface area contributed by atoms with Crippen LogP contribution >= 0.6 is 11.8 Å². The van der Waals surface area contributed by atoms with Crippen LogP contribution in [0.3, 0.4) is 0 Å². The minimum Gasteiger partial charge on any atom is -0.497 e. The number of benzene rings is 1. The molecule has 1 rings (SSSR count). The molecule has 0 saturated heterocycles. The van der Waals surface area contributed by atoms with Crippen LogP contribution in [0.2, 0.25) is 0 Å². The predicted molar refractivity (Wildman–Crippen MR) is 66.7 cm³/mol. The zero-order valence-corrected chi connectivity index (χ0v) is 10.9. The van der Waals surface area contributed by atoms with Gasteiger partial charge in [-0.25, -0.2) is 0 Å². The summed E-state index contributed by atoms with van der Waals surface area (Å²) in [6, 6.07) is 7.31. The molecule has 0 fully saturated rings. The maximum atomic E-state index is 10.5. The largest absolute Gasteiger partial charge is 0.497 e. The lowest BCUT2D eigenvalue weighted by Crippen LogP contribution is -2.22. The van der Waals surface area contributed by atoms with E-state index in [2.05, 4.69) is 0 Å². The van der Waals surface area contributed by atoms with Crippen LogP contribution in [-0.4, -0.2) is 36.4 Å². The third-order valence-corrected chi connectivity index (χ3v) is 4.19. The molecule has 0 heterocycles. The highest BCUT2D eigenvalue weighted by Crippen LogP contribution is 2.17. The summed E-state index contributed by atoms with van der Waals surface area (Å²) in [6.07, 6.45) is 0. The molecule has 0 aromatic heterocycles. The van der Waals surface area contributed by atoms with Crippen LogP contribution < -0.4 is 4.74 Å². The Labute approximate surface area is 105 Å². The molecule has 0 radical (unpaired) electrons. The van der Waals surface area contributed by atoms with Gasteiger partial charge in [-0.05, 0) is 17.7 Å². The lowest BCUT2D eigenvalue weighted by Gasteiger charge is -2.07. The molecule has 0 bridgehead atoms. The van der Waals surface area contributed by atoms with Gasteiger partial charge in [0.2, 0.25) is 0 Å². The van der Waals surface area contributed by atoms with Crippen molar-refractivity contribution in [3.63, 3.8) is 0 Å². The van der Waals surface area contributed by atoms with Crippen molar-refractivity contribution in [3.8, 4) is 5.75 Å². The van der Waals surface area contributed by atoms with E-state index in [0.717, 1.165) is 11.3 Å². The van der Waals surface area contributed by atoms with E-state index in [0.29, 0.717) is 5.75 Å². The molecule has 17 heavy (non-hydrogen) atoms. The summed E-state index contributed by atoms with van der Waals surface area (Å²) in [5, 5.41) is 9.07. The lowest BCUT2D eigenvalue weighted by molar-refractivity contribution is 0.256. The molecule has 0 saturated carbocycles. The lowest BCUT2D eigenvalue weighted by atomic mass is 10.2. The molecule has 0 amide bonds. The number of hydrogen-bond acceptors (Lipinski definition) is 5. The monoisotopic (exact) mass is 278 g/mol. The third-order valence-electron chi connectivity index (χ3n) is 2.03. The maximum absolute atomic E-state index is 10.5. The molecule has 1 atom stereocenters. The van der Waals surface area contributed by atoms with E-state index in [4.69, 9.17) is 14.4 Å². The van der Waals surface area contributed by atoms with Gasteiger partial charge in [-0.2, -0.15) is 20.2 Å². The Morgan fingerprint density at radius 2 is 1.94 bits per heavy atom. The van der Waals surface area contributed by atoms with E-state index >= 15 is 0 Å². The average molecular weight is 278 g/mol. The zero-order valence-electron chi connectivity index (χ0n) is 9.24. The highest BCUT2D eigenvalue weighted by Gasteiger charge is 2.18. The molecule has 0 spiro atoms. The summed E-state index contributed by atoms with van der Waals surface area (Å²) < 4.78 is 34.6. The van der Waals surface area contributed by atoms with Crippen LogP contribution in [0.25, 0.3) is 0 Å². The van der Waals surface area contributed by atoms with Crippen LogP contribution in [0.1, 0.15) is 5.56 Å². The fourth-order valence-electron chi connectivity index (χ4n) is 1.09. The number of thioether (sulfide) groups is 1. The first-order valence-corrected chi connectivity index (χ1v) is 7.44. The summed E-state index contributed by atoms with van der Waals surface area (Å²) in [4.78, 5) is 0. The molecule has 0 aliphatic carbocycles. The smallest absolute Gasteiger partial charge is 0.292 e. The van der Waals surface area contributed by atoms with E-state index in [9.17, 15) is 8.42 Å².